The first-order chi connectivity index (χ1) is 10.9. The van der Waals surface area contributed by atoms with E-state index in [-0.39, 0.29) is 11.3 Å². The molecule has 0 aromatic heterocycles. The number of sulfonamides is 1. The molecule has 2 aliphatic rings. The lowest BCUT2D eigenvalue weighted by Gasteiger charge is -2.36. The minimum atomic E-state index is -3.07. The van der Waals surface area contributed by atoms with Gasteiger partial charge in [0.1, 0.15) is 0 Å². The van der Waals surface area contributed by atoms with Crippen molar-refractivity contribution in [3.05, 3.63) is 33.8 Å². The number of halogens is 2. The smallest absolute Gasteiger partial charge is 0.216 e. The summed E-state index contributed by atoms with van der Waals surface area (Å²) >= 11 is 12.2. The second-order valence-corrected chi connectivity index (χ2v) is 9.62. The lowest BCUT2D eigenvalue weighted by atomic mass is 10.0. The monoisotopic (exact) mass is 376 g/mol. The highest BCUT2D eigenvalue weighted by molar-refractivity contribution is 7.90. The second-order valence-electron chi connectivity index (χ2n) is 6.50. The Bertz CT molecular complexity index is 669. The van der Waals surface area contributed by atoms with Gasteiger partial charge in [0.05, 0.1) is 5.25 Å². The van der Waals surface area contributed by atoms with Crippen LogP contribution in [0.1, 0.15) is 31.2 Å². The van der Waals surface area contributed by atoms with Crippen LogP contribution < -0.4 is 0 Å². The zero-order chi connectivity index (χ0) is 16.6. The molecule has 0 spiro atoms. The zero-order valence-corrected chi connectivity index (χ0v) is 15.5. The van der Waals surface area contributed by atoms with Gasteiger partial charge in [0.25, 0.3) is 0 Å². The Morgan fingerprint density at radius 2 is 1.83 bits per heavy atom. The van der Waals surface area contributed by atoms with E-state index in [2.05, 4.69) is 4.90 Å². The number of hydrogen-bond acceptors (Lipinski definition) is 3. The van der Waals surface area contributed by atoms with Gasteiger partial charge in [0.15, 0.2) is 0 Å². The SMILES string of the molecule is CN(C1CCN(Cc2ccc(Cl)cc2Cl)CC1)S(=O)(=O)C1CC1. The van der Waals surface area contributed by atoms with Crippen LogP contribution in [0.15, 0.2) is 18.2 Å². The molecule has 0 radical (unpaired) electrons. The average Bonchev–Trinajstić information content (AvgIpc) is 3.35. The zero-order valence-electron chi connectivity index (χ0n) is 13.2. The van der Waals surface area contributed by atoms with E-state index in [4.69, 9.17) is 23.2 Å². The normalized spacial score (nSPS) is 21.0. The maximum atomic E-state index is 12.3. The molecule has 2 fully saturated rings. The van der Waals surface area contributed by atoms with Gasteiger partial charge < -0.3 is 0 Å². The molecule has 0 N–H and O–H groups in total. The number of benzene rings is 1. The minimum Gasteiger partial charge on any atom is -0.299 e. The van der Waals surface area contributed by atoms with Gasteiger partial charge in [-0.05, 0) is 43.4 Å². The molecule has 7 heteroatoms. The van der Waals surface area contributed by atoms with Crippen LogP contribution in [0.4, 0.5) is 0 Å². The van der Waals surface area contributed by atoms with Crippen LogP contribution in [0.2, 0.25) is 10.0 Å². The molecule has 1 saturated carbocycles. The van der Waals surface area contributed by atoms with Crippen LogP contribution in [-0.4, -0.2) is 49.1 Å². The van der Waals surface area contributed by atoms with E-state index < -0.39 is 10.0 Å². The van der Waals surface area contributed by atoms with E-state index in [1.54, 1.807) is 17.4 Å². The molecule has 3 rings (SSSR count). The Labute approximate surface area is 148 Å². The van der Waals surface area contributed by atoms with Crippen LogP contribution in [0.3, 0.4) is 0 Å². The van der Waals surface area contributed by atoms with Gasteiger partial charge in [0.2, 0.25) is 10.0 Å². The third kappa shape index (κ3) is 4.02. The highest BCUT2D eigenvalue weighted by atomic mass is 35.5. The highest BCUT2D eigenvalue weighted by Crippen LogP contribution is 2.33. The van der Waals surface area contributed by atoms with Gasteiger partial charge >= 0.3 is 0 Å². The third-order valence-electron chi connectivity index (χ3n) is 4.83. The minimum absolute atomic E-state index is 0.123. The molecule has 1 aromatic carbocycles. The molecule has 23 heavy (non-hydrogen) atoms. The van der Waals surface area contributed by atoms with Crippen molar-refractivity contribution in [1.82, 2.24) is 9.21 Å². The van der Waals surface area contributed by atoms with Crippen molar-refractivity contribution in [3.8, 4) is 0 Å². The van der Waals surface area contributed by atoms with Gasteiger partial charge in [-0.2, -0.15) is 0 Å². The Morgan fingerprint density at radius 1 is 1.17 bits per heavy atom. The summed E-state index contributed by atoms with van der Waals surface area (Å²) in [5, 5.41) is 1.20. The molecule has 1 aromatic rings. The fourth-order valence-electron chi connectivity index (χ4n) is 3.14. The molecule has 4 nitrogen and oxygen atoms in total. The lowest BCUT2D eigenvalue weighted by Crippen LogP contribution is -2.46. The molecule has 0 unspecified atom stereocenters. The summed E-state index contributed by atoms with van der Waals surface area (Å²) < 4.78 is 26.3. The molecular weight excluding hydrogens is 355 g/mol. The molecule has 0 amide bonds. The van der Waals surface area contributed by atoms with E-state index in [9.17, 15) is 8.42 Å². The van der Waals surface area contributed by atoms with Gasteiger partial charge in [0, 0.05) is 42.8 Å². The predicted octanol–water partition coefficient (Wildman–Crippen LogP) is 3.38. The summed E-state index contributed by atoms with van der Waals surface area (Å²) in [5.74, 6) is 0. The van der Waals surface area contributed by atoms with Gasteiger partial charge in [-0.3, -0.25) is 4.90 Å². The number of likely N-dealkylation sites (tertiary alicyclic amines) is 1. The summed E-state index contributed by atoms with van der Waals surface area (Å²) in [5.41, 5.74) is 1.06. The van der Waals surface area contributed by atoms with Gasteiger partial charge in [-0.1, -0.05) is 29.3 Å². The first-order valence-corrected chi connectivity index (χ1v) is 10.3. The Hall–Kier alpha value is -0.330. The molecular formula is C16H22Cl2N2O2S. The summed E-state index contributed by atoms with van der Waals surface area (Å²) in [4.78, 5) is 2.32. The largest absolute Gasteiger partial charge is 0.299 e. The Balaban J connectivity index is 1.56. The van der Waals surface area contributed by atoms with Crippen LogP contribution in [-0.2, 0) is 16.6 Å². The lowest BCUT2D eigenvalue weighted by molar-refractivity contribution is 0.164. The maximum absolute atomic E-state index is 12.3. The molecule has 0 atom stereocenters. The molecule has 128 valence electrons. The number of rotatable bonds is 5. The van der Waals surface area contributed by atoms with Crippen molar-refractivity contribution < 1.29 is 8.42 Å². The summed E-state index contributed by atoms with van der Waals surface area (Å²) in [6, 6.07) is 5.70. The standard InChI is InChI=1S/C16H22Cl2N2O2S/c1-19(23(21,22)15-4-5-15)14-6-8-20(9-7-14)11-12-2-3-13(17)10-16(12)18/h2-3,10,14-15H,4-9,11H2,1H3. The van der Waals surface area contributed by atoms with Gasteiger partial charge in [-0.25, -0.2) is 12.7 Å². The molecule has 0 bridgehead atoms. The number of nitrogens with zero attached hydrogens (tertiary/aromatic N) is 2. The summed E-state index contributed by atoms with van der Waals surface area (Å²) in [6.07, 6.45) is 3.38. The molecule has 1 aliphatic heterocycles. The van der Waals surface area contributed by atoms with Gasteiger partial charge in [-0.15, -0.1) is 0 Å². The van der Waals surface area contributed by atoms with Crippen molar-refractivity contribution in [3.63, 3.8) is 0 Å². The van der Waals surface area contributed by atoms with E-state index in [0.29, 0.717) is 10.0 Å². The van der Waals surface area contributed by atoms with E-state index >= 15 is 0 Å². The fraction of sp³-hybridized carbons (Fsp3) is 0.625. The van der Waals surface area contributed by atoms with Crippen molar-refractivity contribution >= 4 is 33.2 Å². The van der Waals surface area contributed by atoms with Crippen LogP contribution in [0.25, 0.3) is 0 Å². The third-order valence-corrected chi connectivity index (χ3v) is 7.83. The van der Waals surface area contributed by atoms with Crippen LogP contribution in [0, 0.1) is 0 Å². The molecule has 1 heterocycles. The van der Waals surface area contributed by atoms with Crippen LogP contribution in [0.5, 0.6) is 0 Å². The maximum Gasteiger partial charge on any atom is 0.216 e. The highest BCUT2D eigenvalue weighted by Gasteiger charge is 2.41. The van der Waals surface area contributed by atoms with Crippen LogP contribution >= 0.6 is 23.2 Å². The van der Waals surface area contributed by atoms with E-state index in [1.165, 1.54) is 0 Å². The molecule has 1 aliphatic carbocycles. The predicted molar refractivity (Wildman–Crippen MR) is 94.5 cm³/mol. The summed E-state index contributed by atoms with van der Waals surface area (Å²) in [6.45, 7) is 2.55. The first-order valence-electron chi connectivity index (χ1n) is 8.01. The fourth-order valence-corrected chi connectivity index (χ4v) is 5.44. The van der Waals surface area contributed by atoms with Crippen molar-refractivity contribution in [2.45, 2.75) is 43.5 Å². The van der Waals surface area contributed by atoms with E-state index in [0.717, 1.165) is 50.9 Å². The number of hydrogen-bond donors (Lipinski definition) is 0. The summed E-state index contributed by atoms with van der Waals surface area (Å²) in [7, 11) is -1.33. The number of piperidine rings is 1. The topological polar surface area (TPSA) is 40.6 Å². The average molecular weight is 377 g/mol. The quantitative estimate of drug-likeness (QED) is 0.790. The Morgan fingerprint density at radius 3 is 2.39 bits per heavy atom. The van der Waals surface area contributed by atoms with Crippen molar-refractivity contribution in [2.75, 3.05) is 20.1 Å². The van der Waals surface area contributed by atoms with Crippen molar-refractivity contribution in [2.24, 2.45) is 0 Å². The second kappa shape index (κ2) is 6.89. The first kappa shape index (κ1) is 17.5. The molecule has 1 saturated heterocycles. The van der Waals surface area contributed by atoms with Crippen molar-refractivity contribution in [1.29, 1.82) is 0 Å². The van der Waals surface area contributed by atoms with E-state index in [1.807, 2.05) is 12.1 Å². The Kier molecular flexibility index (Phi) is 5.24.